The van der Waals surface area contributed by atoms with Crippen LogP contribution in [0.15, 0.2) is 28.7 Å². The van der Waals surface area contributed by atoms with Crippen molar-refractivity contribution in [2.24, 2.45) is 7.05 Å². The van der Waals surface area contributed by atoms with Crippen LogP contribution in [0.5, 0.6) is 0 Å². The third-order valence-corrected chi connectivity index (χ3v) is 4.86. The maximum atomic E-state index is 12.4. The van der Waals surface area contributed by atoms with Crippen LogP contribution >= 0.6 is 38.5 Å². The Morgan fingerprint density at radius 3 is 2.68 bits per heavy atom. The van der Waals surface area contributed by atoms with Gasteiger partial charge in [-0.05, 0) is 51.0 Å². The number of hydrogen-bond acceptors (Lipinski definition) is 2. The van der Waals surface area contributed by atoms with Crippen LogP contribution in [0.1, 0.15) is 28.7 Å². The predicted octanol–water partition coefficient (Wildman–Crippen LogP) is 3.78. The van der Waals surface area contributed by atoms with Gasteiger partial charge in [0.15, 0.2) is 5.78 Å². The van der Waals surface area contributed by atoms with E-state index in [2.05, 4.69) is 50.5 Å². The van der Waals surface area contributed by atoms with Crippen molar-refractivity contribution >= 4 is 44.3 Å². The molecule has 0 radical (unpaired) electrons. The maximum Gasteiger partial charge on any atom is 0.169 e. The second kappa shape index (κ2) is 6.17. The molecule has 0 spiro atoms. The van der Waals surface area contributed by atoms with E-state index in [-0.39, 0.29) is 5.78 Å². The van der Waals surface area contributed by atoms with E-state index in [1.165, 1.54) is 0 Å². The summed E-state index contributed by atoms with van der Waals surface area (Å²) in [6, 6.07) is 7.65. The molecule has 0 N–H and O–H groups in total. The van der Waals surface area contributed by atoms with E-state index >= 15 is 0 Å². The van der Waals surface area contributed by atoms with Crippen molar-refractivity contribution < 1.29 is 4.79 Å². The third kappa shape index (κ3) is 3.08. The molecule has 3 nitrogen and oxygen atoms in total. The highest BCUT2D eigenvalue weighted by molar-refractivity contribution is 14.1. The number of aromatic nitrogens is 2. The molecular weight excluding hydrogens is 419 g/mol. The summed E-state index contributed by atoms with van der Waals surface area (Å²) in [7, 11) is 1.88. The molecule has 0 aliphatic carbocycles. The van der Waals surface area contributed by atoms with Gasteiger partial charge in [0, 0.05) is 16.2 Å². The van der Waals surface area contributed by atoms with Gasteiger partial charge in [-0.3, -0.25) is 9.48 Å². The van der Waals surface area contributed by atoms with E-state index in [0.717, 1.165) is 31.4 Å². The molecule has 0 unspecified atom stereocenters. The topological polar surface area (TPSA) is 34.9 Å². The highest BCUT2D eigenvalue weighted by Crippen LogP contribution is 2.23. The van der Waals surface area contributed by atoms with Gasteiger partial charge in [0.2, 0.25) is 0 Å². The Bertz CT molecular complexity index is 622. The zero-order chi connectivity index (χ0) is 14.0. The van der Waals surface area contributed by atoms with E-state index in [9.17, 15) is 4.79 Å². The molecule has 1 heterocycles. The largest absolute Gasteiger partial charge is 0.294 e. The lowest BCUT2D eigenvalue weighted by Crippen LogP contribution is -2.09. The molecule has 0 bridgehead atoms. The quantitative estimate of drug-likeness (QED) is 0.544. The monoisotopic (exact) mass is 432 g/mol. The minimum atomic E-state index is 0.122. The van der Waals surface area contributed by atoms with Crippen LogP contribution in [0.2, 0.25) is 0 Å². The number of Topliss-reactive ketones (excluding diaryl/α,β-unsaturated/α-hetero) is 1. The average molecular weight is 433 g/mol. The molecule has 0 saturated heterocycles. The van der Waals surface area contributed by atoms with Crippen molar-refractivity contribution in [1.82, 2.24) is 9.78 Å². The molecule has 0 atom stereocenters. The van der Waals surface area contributed by atoms with Crippen molar-refractivity contribution in [3.05, 3.63) is 49.3 Å². The summed E-state index contributed by atoms with van der Waals surface area (Å²) in [6.45, 7) is 2.05. The van der Waals surface area contributed by atoms with Crippen molar-refractivity contribution in [1.29, 1.82) is 0 Å². The van der Waals surface area contributed by atoms with Crippen molar-refractivity contribution in [2.45, 2.75) is 19.8 Å². The molecule has 0 amide bonds. The molecular formula is C14H14BrIN2O. The molecule has 0 aliphatic rings. The normalized spacial score (nSPS) is 10.7. The first-order chi connectivity index (χ1) is 9.04. The van der Waals surface area contributed by atoms with Gasteiger partial charge >= 0.3 is 0 Å². The van der Waals surface area contributed by atoms with Gasteiger partial charge in [-0.25, -0.2) is 0 Å². The zero-order valence-corrected chi connectivity index (χ0v) is 14.5. The Morgan fingerprint density at radius 2 is 2.11 bits per heavy atom. The average Bonchev–Trinajstić information content (AvgIpc) is 2.66. The van der Waals surface area contributed by atoms with E-state index < -0.39 is 0 Å². The molecule has 19 heavy (non-hydrogen) atoms. The van der Waals surface area contributed by atoms with Gasteiger partial charge in [-0.1, -0.05) is 25.1 Å². The van der Waals surface area contributed by atoms with Crippen molar-refractivity contribution in [2.75, 3.05) is 0 Å². The molecule has 0 aliphatic heterocycles. The van der Waals surface area contributed by atoms with E-state index in [1.807, 2.05) is 31.3 Å². The Morgan fingerprint density at radius 1 is 1.42 bits per heavy atom. The summed E-state index contributed by atoms with van der Waals surface area (Å²) in [5.74, 6) is 0.122. The number of carbonyl (C=O) groups is 1. The molecule has 2 aromatic rings. The van der Waals surface area contributed by atoms with Crippen LogP contribution in [0.25, 0.3) is 0 Å². The molecule has 0 saturated carbocycles. The summed E-state index contributed by atoms with van der Waals surface area (Å²) in [6.07, 6.45) is 1.22. The second-order valence-corrected chi connectivity index (χ2v) is 6.22. The number of benzene rings is 1. The van der Waals surface area contributed by atoms with E-state index in [0.29, 0.717) is 6.42 Å². The van der Waals surface area contributed by atoms with Crippen LogP contribution in [-0.4, -0.2) is 15.6 Å². The summed E-state index contributed by atoms with van der Waals surface area (Å²) in [5, 5.41) is 4.41. The Hall–Kier alpha value is -0.690. The fraction of sp³-hybridized carbons (Fsp3) is 0.286. The van der Waals surface area contributed by atoms with Gasteiger partial charge < -0.3 is 0 Å². The van der Waals surface area contributed by atoms with Gasteiger partial charge in [-0.2, -0.15) is 5.10 Å². The maximum absolute atomic E-state index is 12.4. The van der Waals surface area contributed by atoms with Crippen LogP contribution in [0.3, 0.4) is 0 Å². The highest BCUT2D eigenvalue weighted by atomic mass is 127. The Balaban J connectivity index is 2.30. The van der Waals surface area contributed by atoms with Crippen LogP contribution in [-0.2, 0) is 19.9 Å². The molecule has 0 fully saturated rings. The van der Waals surface area contributed by atoms with Crippen LogP contribution in [0.4, 0.5) is 0 Å². The minimum Gasteiger partial charge on any atom is -0.294 e. The molecule has 100 valence electrons. The highest BCUT2D eigenvalue weighted by Gasteiger charge is 2.17. The summed E-state index contributed by atoms with van der Waals surface area (Å²) in [5.41, 5.74) is 2.70. The van der Waals surface area contributed by atoms with Crippen LogP contribution in [0, 0.1) is 3.57 Å². The van der Waals surface area contributed by atoms with E-state index in [4.69, 9.17) is 0 Å². The first-order valence-corrected chi connectivity index (χ1v) is 7.89. The second-order valence-electron chi connectivity index (χ2n) is 4.26. The molecule has 5 heteroatoms. The van der Waals surface area contributed by atoms with Crippen molar-refractivity contribution in [3.8, 4) is 0 Å². The number of aryl methyl sites for hydroxylation is 2. The number of ketones is 1. The smallest absolute Gasteiger partial charge is 0.169 e. The summed E-state index contributed by atoms with van der Waals surface area (Å²) >= 11 is 5.74. The first kappa shape index (κ1) is 14.7. The number of halogens is 2. The SMILES string of the molecule is CCc1nn(C)c(CC(=O)c2ccccc2I)c1Br. The predicted molar refractivity (Wildman–Crippen MR) is 87.5 cm³/mol. The third-order valence-electron chi connectivity index (χ3n) is 3.01. The van der Waals surface area contributed by atoms with E-state index in [1.54, 1.807) is 4.68 Å². The fourth-order valence-corrected chi connectivity index (χ4v) is 3.39. The molecule has 1 aromatic heterocycles. The molecule has 1 aromatic carbocycles. The lowest BCUT2D eigenvalue weighted by atomic mass is 10.1. The fourth-order valence-electron chi connectivity index (χ4n) is 1.95. The minimum absolute atomic E-state index is 0.122. The zero-order valence-electron chi connectivity index (χ0n) is 10.8. The van der Waals surface area contributed by atoms with Gasteiger partial charge in [-0.15, -0.1) is 0 Å². The molecule has 2 rings (SSSR count). The van der Waals surface area contributed by atoms with Crippen molar-refractivity contribution in [3.63, 3.8) is 0 Å². The first-order valence-electron chi connectivity index (χ1n) is 6.02. The van der Waals surface area contributed by atoms with Gasteiger partial charge in [0.1, 0.15) is 0 Å². The lowest BCUT2D eigenvalue weighted by Gasteiger charge is -2.05. The number of nitrogens with zero attached hydrogens (tertiary/aromatic N) is 2. The standard InChI is InChI=1S/C14H14BrIN2O/c1-3-11-14(15)12(18(2)17-11)8-13(19)9-6-4-5-7-10(9)16/h4-7H,3,8H2,1-2H3. The number of hydrogen-bond donors (Lipinski definition) is 0. The summed E-state index contributed by atoms with van der Waals surface area (Å²) < 4.78 is 3.73. The summed E-state index contributed by atoms with van der Waals surface area (Å²) in [4.78, 5) is 12.4. The van der Waals surface area contributed by atoms with Gasteiger partial charge in [0.05, 0.1) is 22.3 Å². The van der Waals surface area contributed by atoms with Crippen LogP contribution < -0.4 is 0 Å². The Kier molecular flexibility index (Phi) is 4.78. The number of rotatable bonds is 4. The Labute approximate surface area is 134 Å². The lowest BCUT2D eigenvalue weighted by molar-refractivity contribution is 0.0989. The number of carbonyl (C=O) groups excluding carboxylic acids is 1. The van der Waals surface area contributed by atoms with Gasteiger partial charge in [0.25, 0.3) is 0 Å².